The van der Waals surface area contributed by atoms with Gasteiger partial charge in [-0.3, -0.25) is 5.41 Å². The van der Waals surface area contributed by atoms with Gasteiger partial charge in [0.25, 0.3) is 0 Å². The SMILES string of the molecule is Cc1cccc(CSCc2cccc(C(=N)N)c2F)c1. The number of benzene rings is 2. The number of halogens is 1. The highest BCUT2D eigenvalue weighted by Gasteiger charge is 2.09. The zero-order valence-corrected chi connectivity index (χ0v) is 12.1. The average molecular weight is 288 g/mol. The summed E-state index contributed by atoms with van der Waals surface area (Å²) in [5.74, 6) is 0.802. The Morgan fingerprint density at radius 1 is 1.20 bits per heavy atom. The minimum Gasteiger partial charge on any atom is -0.384 e. The first kappa shape index (κ1) is 14.6. The van der Waals surface area contributed by atoms with Crippen LogP contribution in [-0.2, 0) is 11.5 Å². The van der Waals surface area contributed by atoms with Gasteiger partial charge in [-0.1, -0.05) is 42.0 Å². The predicted molar refractivity (Wildman–Crippen MR) is 83.6 cm³/mol. The number of amidine groups is 1. The molecule has 0 heterocycles. The fraction of sp³-hybridized carbons (Fsp3) is 0.188. The van der Waals surface area contributed by atoms with Crippen molar-refractivity contribution in [2.24, 2.45) is 5.73 Å². The van der Waals surface area contributed by atoms with Gasteiger partial charge in [-0.25, -0.2) is 4.39 Å². The first-order valence-corrected chi connectivity index (χ1v) is 7.48. The molecule has 3 N–H and O–H groups in total. The van der Waals surface area contributed by atoms with Crippen LogP contribution >= 0.6 is 11.8 Å². The van der Waals surface area contributed by atoms with Crippen molar-refractivity contribution in [3.63, 3.8) is 0 Å². The van der Waals surface area contributed by atoms with E-state index in [1.807, 2.05) is 6.07 Å². The van der Waals surface area contributed by atoms with E-state index in [0.717, 1.165) is 5.75 Å². The Hall–Kier alpha value is -1.81. The van der Waals surface area contributed by atoms with Crippen LogP contribution in [0.15, 0.2) is 42.5 Å². The summed E-state index contributed by atoms with van der Waals surface area (Å²) in [6, 6.07) is 13.3. The summed E-state index contributed by atoms with van der Waals surface area (Å²) in [5.41, 5.74) is 8.59. The Balaban J connectivity index is 2.01. The lowest BCUT2D eigenvalue weighted by molar-refractivity contribution is 0.614. The first-order chi connectivity index (χ1) is 9.58. The van der Waals surface area contributed by atoms with Crippen LogP contribution in [0.5, 0.6) is 0 Å². The molecule has 104 valence electrons. The lowest BCUT2D eigenvalue weighted by atomic mass is 10.1. The number of nitrogens with one attached hydrogen (secondary N) is 1. The molecule has 0 amide bonds. The first-order valence-electron chi connectivity index (χ1n) is 6.33. The Morgan fingerprint density at radius 3 is 2.65 bits per heavy atom. The second-order valence-corrected chi connectivity index (χ2v) is 5.66. The molecular formula is C16H17FN2S. The number of thioether (sulfide) groups is 1. The van der Waals surface area contributed by atoms with E-state index >= 15 is 0 Å². The van der Waals surface area contributed by atoms with Crippen LogP contribution < -0.4 is 5.73 Å². The molecule has 0 aromatic heterocycles. The molecule has 2 rings (SSSR count). The van der Waals surface area contributed by atoms with E-state index in [4.69, 9.17) is 11.1 Å². The molecule has 0 radical (unpaired) electrons. The third-order valence-electron chi connectivity index (χ3n) is 2.98. The van der Waals surface area contributed by atoms with Crippen LogP contribution in [0.3, 0.4) is 0 Å². The summed E-state index contributed by atoms with van der Waals surface area (Å²) in [6.07, 6.45) is 0. The molecule has 20 heavy (non-hydrogen) atoms. The smallest absolute Gasteiger partial charge is 0.138 e. The predicted octanol–water partition coefficient (Wildman–Crippen LogP) is 3.85. The fourth-order valence-electron chi connectivity index (χ4n) is 1.98. The highest BCUT2D eigenvalue weighted by molar-refractivity contribution is 7.97. The van der Waals surface area contributed by atoms with Crippen LogP contribution in [0.1, 0.15) is 22.3 Å². The molecule has 2 aromatic rings. The van der Waals surface area contributed by atoms with Crippen LogP contribution in [0.2, 0.25) is 0 Å². The standard InChI is InChI=1S/C16H17FN2S/c1-11-4-2-5-12(8-11)9-20-10-13-6-3-7-14(15(13)17)16(18)19/h2-8H,9-10H2,1H3,(H3,18,19). The maximum absolute atomic E-state index is 14.1. The maximum Gasteiger partial charge on any atom is 0.138 e. The summed E-state index contributed by atoms with van der Waals surface area (Å²) in [4.78, 5) is 0. The average Bonchev–Trinajstić information content (AvgIpc) is 2.40. The van der Waals surface area contributed by atoms with Crippen LogP contribution in [0, 0.1) is 18.2 Å². The molecule has 0 unspecified atom stereocenters. The number of nitrogen functional groups attached to an aromatic ring is 1. The molecule has 0 atom stereocenters. The fourth-order valence-corrected chi connectivity index (χ4v) is 2.94. The molecule has 0 saturated heterocycles. The molecule has 2 nitrogen and oxygen atoms in total. The van der Waals surface area contributed by atoms with Crippen molar-refractivity contribution in [1.82, 2.24) is 0 Å². The molecule has 2 aromatic carbocycles. The van der Waals surface area contributed by atoms with Gasteiger partial charge >= 0.3 is 0 Å². The molecule has 4 heteroatoms. The van der Waals surface area contributed by atoms with Gasteiger partial charge < -0.3 is 5.73 Å². The highest BCUT2D eigenvalue weighted by atomic mass is 32.2. The molecule has 0 aliphatic rings. The van der Waals surface area contributed by atoms with Crippen molar-refractivity contribution < 1.29 is 4.39 Å². The summed E-state index contributed by atoms with van der Waals surface area (Å²) in [5, 5.41) is 7.34. The number of aryl methyl sites for hydroxylation is 1. The van der Waals surface area contributed by atoms with E-state index in [9.17, 15) is 4.39 Å². The molecule has 0 fully saturated rings. The normalized spacial score (nSPS) is 10.5. The quantitative estimate of drug-likeness (QED) is 0.648. The Morgan fingerprint density at radius 2 is 1.95 bits per heavy atom. The van der Waals surface area contributed by atoms with Gasteiger partial charge in [0.15, 0.2) is 0 Å². The highest BCUT2D eigenvalue weighted by Crippen LogP contribution is 2.22. The molecular weight excluding hydrogens is 271 g/mol. The number of nitrogens with two attached hydrogens (primary N) is 1. The van der Waals surface area contributed by atoms with E-state index in [0.29, 0.717) is 11.3 Å². The molecule has 0 bridgehead atoms. The van der Waals surface area contributed by atoms with Gasteiger partial charge in [-0.2, -0.15) is 11.8 Å². The van der Waals surface area contributed by atoms with Crippen molar-refractivity contribution in [1.29, 1.82) is 5.41 Å². The minimum absolute atomic E-state index is 0.179. The summed E-state index contributed by atoms with van der Waals surface area (Å²) < 4.78 is 14.1. The molecule has 0 saturated carbocycles. The van der Waals surface area contributed by atoms with Crippen molar-refractivity contribution >= 4 is 17.6 Å². The van der Waals surface area contributed by atoms with Gasteiger partial charge in [0.05, 0.1) is 5.56 Å². The molecule has 0 aliphatic carbocycles. The molecule has 0 spiro atoms. The Kier molecular flexibility index (Phi) is 4.79. The maximum atomic E-state index is 14.1. The number of hydrogen-bond donors (Lipinski definition) is 2. The minimum atomic E-state index is -0.378. The van der Waals surface area contributed by atoms with Crippen molar-refractivity contribution in [3.8, 4) is 0 Å². The zero-order chi connectivity index (χ0) is 14.5. The van der Waals surface area contributed by atoms with Gasteiger partial charge in [0.1, 0.15) is 11.7 Å². The summed E-state index contributed by atoms with van der Waals surface area (Å²) in [6.45, 7) is 2.06. The third kappa shape index (κ3) is 3.61. The van der Waals surface area contributed by atoms with E-state index in [1.165, 1.54) is 17.2 Å². The topological polar surface area (TPSA) is 49.9 Å². The van der Waals surface area contributed by atoms with E-state index < -0.39 is 0 Å². The van der Waals surface area contributed by atoms with Gasteiger partial charge in [0.2, 0.25) is 0 Å². The largest absolute Gasteiger partial charge is 0.384 e. The zero-order valence-electron chi connectivity index (χ0n) is 11.3. The van der Waals surface area contributed by atoms with Gasteiger partial charge in [-0.15, -0.1) is 0 Å². The van der Waals surface area contributed by atoms with Crippen LogP contribution in [-0.4, -0.2) is 5.84 Å². The van der Waals surface area contributed by atoms with Crippen molar-refractivity contribution in [2.45, 2.75) is 18.4 Å². The Labute approximate surface area is 122 Å². The van der Waals surface area contributed by atoms with Gasteiger partial charge in [0, 0.05) is 11.5 Å². The van der Waals surface area contributed by atoms with E-state index in [-0.39, 0.29) is 17.2 Å². The third-order valence-corrected chi connectivity index (χ3v) is 4.03. The van der Waals surface area contributed by atoms with Gasteiger partial charge in [-0.05, 0) is 24.1 Å². The monoisotopic (exact) mass is 288 g/mol. The van der Waals surface area contributed by atoms with E-state index in [2.05, 4.69) is 25.1 Å². The van der Waals surface area contributed by atoms with Crippen molar-refractivity contribution in [2.75, 3.05) is 0 Å². The summed E-state index contributed by atoms with van der Waals surface area (Å²) >= 11 is 1.65. The van der Waals surface area contributed by atoms with E-state index in [1.54, 1.807) is 23.9 Å². The Bertz CT molecular complexity index is 626. The molecule has 0 aliphatic heterocycles. The second-order valence-electron chi connectivity index (χ2n) is 4.67. The number of hydrogen-bond acceptors (Lipinski definition) is 2. The van der Waals surface area contributed by atoms with Crippen LogP contribution in [0.4, 0.5) is 4.39 Å². The number of rotatable bonds is 5. The lowest BCUT2D eigenvalue weighted by Crippen LogP contribution is -2.14. The summed E-state index contributed by atoms with van der Waals surface area (Å²) in [7, 11) is 0. The second kappa shape index (κ2) is 6.57. The van der Waals surface area contributed by atoms with Crippen molar-refractivity contribution in [3.05, 3.63) is 70.5 Å². The lowest BCUT2D eigenvalue weighted by Gasteiger charge is -2.07. The van der Waals surface area contributed by atoms with Crippen LogP contribution in [0.25, 0.3) is 0 Å².